The maximum atomic E-state index is 13.2. The van der Waals surface area contributed by atoms with Crippen molar-refractivity contribution in [3.8, 4) is 11.5 Å². The number of sulfone groups is 1. The average Bonchev–Trinajstić information content (AvgIpc) is 3.37. The van der Waals surface area contributed by atoms with Crippen LogP contribution in [0, 0.1) is 6.92 Å². The molecule has 0 spiro atoms. The van der Waals surface area contributed by atoms with E-state index < -0.39 is 9.84 Å². The lowest BCUT2D eigenvalue weighted by Gasteiger charge is -2.10. The molecule has 0 amide bonds. The van der Waals surface area contributed by atoms with Crippen LogP contribution >= 0.6 is 11.6 Å². The second-order valence-electron chi connectivity index (χ2n) is 6.99. The van der Waals surface area contributed by atoms with Crippen LogP contribution in [-0.4, -0.2) is 32.7 Å². The van der Waals surface area contributed by atoms with Crippen LogP contribution in [-0.2, 0) is 14.6 Å². The van der Waals surface area contributed by atoms with E-state index in [4.69, 9.17) is 20.8 Å². The van der Waals surface area contributed by atoms with Crippen molar-refractivity contribution in [1.29, 1.82) is 0 Å². The Morgan fingerprint density at radius 1 is 1.14 bits per heavy atom. The Labute approximate surface area is 174 Å². The average molecular weight is 433 g/mol. The molecule has 3 aromatic rings. The van der Waals surface area contributed by atoms with Crippen molar-refractivity contribution >= 4 is 27.3 Å². The molecule has 29 heavy (non-hydrogen) atoms. The lowest BCUT2D eigenvalue weighted by molar-refractivity contribution is 0.120. The van der Waals surface area contributed by atoms with E-state index in [1.807, 2.05) is 31.2 Å². The molecule has 1 atom stereocenters. The van der Waals surface area contributed by atoms with Gasteiger partial charge in [0.2, 0.25) is 26.6 Å². The summed E-state index contributed by atoms with van der Waals surface area (Å²) in [7, 11) is -3.89. The fourth-order valence-electron chi connectivity index (χ4n) is 3.16. The third-order valence-corrected chi connectivity index (χ3v) is 6.72. The topological polar surface area (TPSA) is 81.4 Å². The van der Waals surface area contributed by atoms with Crippen LogP contribution in [0.2, 0.25) is 5.02 Å². The molecule has 0 radical (unpaired) electrons. The molecule has 1 aromatic heterocycles. The molecular weight excluding hydrogens is 412 g/mol. The molecule has 1 fully saturated rings. The van der Waals surface area contributed by atoms with Gasteiger partial charge < -0.3 is 14.5 Å². The summed E-state index contributed by atoms with van der Waals surface area (Å²) >= 11 is 5.90. The highest BCUT2D eigenvalue weighted by Crippen LogP contribution is 2.33. The second-order valence-corrected chi connectivity index (χ2v) is 9.29. The van der Waals surface area contributed by atoms with Gasteiger partial charge in [-0.25, -0.2) is 8.42 Å². The number of hydrogen-bond donors (Lipinski definition) is 1. The molecule has 8 heteroatoms. The fourth-order valence-corrected chi connectivity index (χ4v) is 4.56. The molecule has 2 aromatic carbocycles. The molecule has 0 saturated carbocycles. The summed E-state index contributed by atoms with van der Waals surface area (Å²) in [5, 5.41) is 3.40. The monoisotopic (exact) mass is 432 g/mol. The van der Waals surface area contributed by atoms with Crippen molar-refractivity contribution in [1.82, 2.24) is 4.98 Å². The van der Waals surface area contributed by atoms with E-state index in [1.54, 1.807) is 0 Å². The Hall–Kier alpha value is -2.35. The molecule has 2 heterocycles. The van der Waals surface area contributed by atoms with E-state index in [0.717, 1.165) is 18.4 Å². The first-order chi connectivity index (χ1) is 13.9. The molecule has 4 rings (SSSR count). The summed E-state index contributed by atoms with van der Waals surface area (Å²) < 4.78 is 37.9. The molecule has 0 bridgehead atoms. The van der Waals surface area contributed by atoms with Gasteiger partial charge in [-0.15, -0.1) is 0 Å². The van der Waals surface area contributed by atoms with E-state index in [0.29, 0.717) is 23.7 Å². The molecule has 1 N–H and O–H groups in total. The zero-order chi connectivity index (χ0) is 20.4. The highest BCUT2D eigenvalue weighted by Gasteiger charge is 2.29. The Morgan fingerprint density at radius 3 is 2.52 bits per heavy atom. The first-order valence-corrected chi connectivity index (χ1v) is 11.2. The maximum absolute atomic E-state index is 13.2. The Morgan fingerprint density at radius 2 is 1.86 bits per heavy atom. The van der Waals surface area contributed by atoms with E-state index >= 15 is 0 Å². The number of aryl methyl sites for hydroxylation is 1. The van der Waals surface area contributed by atoms with Crippen molar-refractivity contribution in [3.63, 3.8) is 0 Å². The smallest absolute Gasteiger partial charge is 0.233 e. The van der Waals surface area contributed by atoms with E-state index in [9.17, 15) is 8.42 Å². The minimum atomic E-state index is -3.89. The SMILES string of the molecule is Cc1ccc(-c2nc(S(=O)(=O)c3ccc(Cl)cc3)c(NC[C@H]3CCCO3)o2)cc1. The summed E-state index contributed by atoms with van der Waals surface area (Å²) in [5.74, 6) is 0.360. The normalized spacial score (nSPS) is 16.8. The minimum absolute atomic E-state index is 0.0222. The lowest BCUT2D eigenvalue weighted by atomic mass is 10.1. The number of nitrogens with one attached hydrogen (secondary N) is 1. The molecule has 1 aliphatic rings. The van der Waals surface area contributed by atoms with Crippen molar-refractivity contribution in [2.75, 3.05) is 18.5 Å². The summed E-state index contributed by atoms with van der Waals surface area (Å²) in [5.41, 5.74) is 1.79. The van der Waals surface area contributed by atoms with Crippen LogP contribution < -0.4 is 5.32 Å². The number of benzene rings is 2. The number of hydrogen-bond acceptors (Lipinski definition) is 6. The predicted octanol–water partition coefficient (Wildman–Crippen LogP) is 4.73. The zero-order valence-corrected chi connectivity index (χ0v) is 17.5. The van der Waals surface area contributed by atoms with Gasteiger partial charge in [0.05, 0.1) is 11.0 Å². The van der Waals surface area contributed by atoms with Gasteiger partial charge >= 0.3 is 0 Å². The van der Waals surface area contributed by atoms with E-state index in [1.165, 1.54) is 24.3 Å². The van der Waals surface area contributed by atoms with Crippen molar-refractivity contribution in [2.24, 2.45) is 0 Å². The van der Waals surface area contributed by atoms with Gasteiger partial charge in [-0.1, -0.05) is 29.3 Å². The fraction of sp³-hybridized carbons (Fsp3) is 0.286. The zero-order valence-electron chi connectivity index (χ0n) is 15.9. The predicted molar refractivity (Wildman–Crippen MR) is 111 cm³/mol. The first kappa shape index (κ1) is 19.9. The summed E-state index contributed by atoms with van der Waals surface area (Å²) in [6.07, 6.45) is 1.94. The van der Waals surface area contributed by atoms with Crippen molar-refractivity contribution in [2.45, 2.75) is 35.8 Å². The highest BCUT2D eigenvalue weighted by molar-refractivity contribution is 7.91. The molecule has 0 aliphatic carbocycles. The number of nitrogens with zero attached hydrogens (tertiary/aromatic N) is 1. The van der Waals surface area contributed by atoms with Gasteiger partial charge in [-0.2, -0.15) is 4.98 Å². The number of aromatic nitrogens is 1. The van der Waals surface area contributed by atoms with Gasteiger partial charge in [0.25, 0.3) is 0 Å². The molecule has 6 nitrogen and oxygen atoms in total. The Kier molecular flexibility index (Phi) is 5.63. The van der Waals surface area contributed by atoms with Crippen LogP contribution in [0.15, 0.2) is 62.9 Å². The Bertz CT molecular complexity index is 1090. The van der Waals surface area contributed by atoms with Gasteiger partial charge in [0.1, 0.15) is 0 Å². The van der Waals surface area contributed by atoms with Gasteiger partial charge in [0, 0.05) is 23.7 Å². The molecule has 152 valence electrons. The maximum Gasteiger partial charge on any atom is 0.233 e. The number of rotatable bonds is 6. The third kappa shape index (κ3) is 4.32. The van der Waals surface area contributed by atoms with Crippen LogP contribution in [0.5, 0.6) is 0 Å². The summed E-state index contributed by atoms with van der Waals surface area (Å²) in [6, 6.07) is 13.5. The summed E-state index contributed by atoms with van der Waals surface area (Å²) in [4.78, 5) is 4.44. The van der Waals surface area contributed by atoms with E-state index in [-0.39, 0.29) is 27.8 Å². The van der Waals surface area contributed by atoms with Gasteiger partial charge in [-0.3, -0.25) is 0 Å². The molecule has 1 saturated heterocycles. The number of oxazole rings is 1. The number of anilines is 1. The molecule has 1 aliphatic heterocycles. The van der Waals surface area contributed by atoms with Crippen LogP contribution in [0.4, 0.5) is 5.88 Å². The Balaban J connectivity index is 1.73. The van der Waals surface area contributed by atoms with E-state index in [2.05, 4.69) is 10.3 Å². The van der Waals surface area contributed by atoms with Crippen LogP contribution in [0.1, 0.15) is 18.4 Å². The third-order valence-electron chi connectivity index (χ3n) is 4.79. The summed E-state index contributed by atoms with van der Waals surface area (Å²) in [6.45, 7) is 3.14. The van der Waals surface area contributed by atoms with Crippen molar-refractivity contribution < 1.29 is 17.6 Å². The second kappa shape index (κ2) is 8.18. The standard InChI is InChI=1S/C21H21ClN2O4S/c1-14-4-6-15(7-5-14)19-24-21(20(28-19)23-13-17-3-2-12-27-17)29(25,26)18-10-8-16(22)9-11-18/h4-11,17,23H,2-3,12-13H2,1H3/t17-/m1/s1. The van der Waals surface area contributed by atoms with Crippen LogP contribution in [0.3, 0.4) is 0 Å². The van der Waals surface area contributed by atoms with Gasteiger partial charge in [0.15, 0.2) is 0 Å². The number of ether oxygens (including phenoxy) is 1. The largest absolute Gasteiger partial charge is 0.419 e. The van der Waals surface area contributed by atoms with Crippen LogP contribution in [0.25, 0.3) is 11.5 Å². The highest BCUT2D eigenvalue weighted by atomic mass is 35.5. The lowest BCUT2D eigenvalue weighted by Crippen LogP contribution is -2.19. The first-order valence-electron chi connectivity index (χ1n) is 9.37. The quantitative estimate of drug-likeness (QED) is 0.606. The molecule has 0 unspecified atom stereocenters. The number of halogens is 1. The molecular formula is C21H21ClN2O4S. The van der Waals surface area contributed by atoms with Gasteiger partial charge in [-0.05, 0) is 56.2 Å². The van der Waals surface area contributed by atoms with Crippen molar-refractivity contribution in [3.05, 3.63) is 59.1 Å². The minimum Gasteiger partial charge on any atom is -0.419 e.